The number of rotatable bonds is 35. The van der Waals surface area contributed by atoms with Crippen LogP contribution in [0.25, 0.3) is 0 Å². The fourth-order valence-corrected chi connectivity index (χ4v) is 28.8. The molecule has 20 atom stereocenters. The lowest BCUT2D eigenvalue weighted by Crippen LogP contribution is -2.71. The van der Waals surface area contributed by atoms with Crippen LogP contribution in [0, 0.1) is 5.92 Å². The first-order valence-corrected chi connectivity index (χ1v) is 52.2. The van der Waals surface area contributed by atoms with Gasteiger partial charge in [0.2, 0.25) is 0 Å². The predicted molar refractivity (Wildman–Crippen MR) is 532 cm³/mol. The van der Waals surface area contributed by atoms with Gasteiger partial charge in [0.25, 0.3) is 16.6 Å². The molecule has 0 radical (unpaired) electrons. The van der Waals surface area contributed by atoms with Crippen LogP contribution in [-0.2, 0) is 104 Å². The number of carbonyl (C=O) groups is 6. The zero-order valence-electron chi connectivity index (χ0n) is 80.4. The molecule has 6 aliphatic rings. The summed E-state index contributed by atoms with van der Waals surface area (Å²) in [6.45, 7) is 8.36. The molecule has 1 aliphatic carbocycles. The average Bonchev–Trinajstić information content (AvgIpc) is 1.56. The van der Waals surface area contributed by atoms with Crippen LogP contribution in [0.2, 0.25) is 10.1 Å². The molecule has 748 valence electrons. The van der Waals surface area contributed by atoms with Crippen LogP contribution in [0.4, 0.5) is 28.8 Å². The number of hydrogen-bond acceptors (Lipinski definition) is 24. The van der Waals surface area contributed by atoms with Crippen LogP contribution in [0.1, 0.15) is 105 Å². The molecular formula is C111H122N6O24Si2. The van der Waals surface area contributed by atoms with Crippen LogP contribution in [0.15, 0.2) is 334 Å². The standard InChI is InChI=1S/C111H122N6O24Si2/c1-110(2,3)143(83-58-36-16-37-59-83,84-60-38-17-39-61-84)133-72-90-94(138-102-91(114-105(121)129-68-74-42-20-8-21-43-74)88(118)62-80(134-102)65-116(99(127-6)78-50-28-12-29-51-78)108(124)131-70-76-46-24-10-25-47-76)85(64-111(4,5)142(126,81-54-32-14-33-55-81)82-56-34-15-35-57-82)101(136-90)140-98-95(86(63-87-96(98)141-107(123)113-87)112-104(120)128-67-73-40-18-7-19-41-73)139-103-92(115-106(122)130-69-75-44-22-9-23-45-75)93(119)97-89(135-103)66-117(100(137-97)79-52-30-13-31-53-79)109(125)132-71-77-48-26-11-27-49-77/h7-61,80,85-103,118-119,126H,62-72H2,1-6H3,(H,112,120)(H,113,123)(H,114,121)(H,115,122)/t80-,85-,86+,87-,88+,89-,90-,91-,92-,93-,94+,95-,96+,97-,98+,99?,100?,101+,102-,103-/m1/s1. The van der Waals surface area contributed by atoms with E-state index in [2.05, 4.69) is 42.0 Å². The van der Waals surface area contributed by atoms with Crippen molar-refractivity contribution in [2.75, 3.05) is 26.8 Å². The van der Waals surface area contributed by atoms with Crippen molar-refractivity contribution < 1.29 is 115 Å². The highest BCUT2D eigenvalue weighted by atomic mass is 28.4. The van der Waals surface area contributed by atoms with Crippen molar-refractivity contribution in [3.8, 4) is 0 Å². The Hall–Kier alpha value is -13.0. The summed E-state index contributed by atoms with van der Waals surface area (Å²) in [5.74, 6) is -1.27. The number of alkyl carbamates (subject to hydrolysis) is 4. The number of aliphatic hydroxyl groups is 2. The van der Waals surface area contributed by atoms with E-state index in [1.165, 1.54) is 16.9 Å². The maximum atomic E-state index is 15.3. The van der Waals surface area contributed by atoms with Crippen LogP contribution in [0.5, 0.6) is 0 Å². The fraction of sp³-hybridized carbons (Fsp3) is 0.351. The molecule has 11 aromatic carbocycles. The molecule has 1 saturated carbocycles. The van der Waals surface area contributed by atoms with Crippen molar-refractivity contribution in [3.63, 3.8) is 0 Å². The van der Waals surface area contributed by atoms with E-state index in [0.29, 0.717) is 49.3 Å². The first kappa shape index (κ1) is 101. The van der Waals surface area contributed by atoms with Crippen molar-refractivity contribution in [1.82, 2.24) is 31.1 Å². The molecule has 7 N–H and O–H groups in total. The van der Waals surface area contributed by atoms with Crippen LogP contribution >= 0.6 is 0 Å². The second kappa shape index (κ2) is 46.6. The van der Waals surface area contributed by atoms with E-state index in [-0.39, 0.29) is 72.0 Å². The third-order valence-electron chi connectivity index (χ3n) is 27.4. The SMILES string of the molecule is COC(c1ccccc1)N(C[C@H]1C[C@H](O)[C@@H](NC(=O)OCc2ccccc2)[C@@H](O[C@H]2[C@@H](CC(C)(C)[Si](O)(c3ccccc3)c3ccccc3)[C@H](O[C@@H]3[C@H]4OC(=O)N[C@@H]4C[C@H](NC(=O)OCc4ccccc4)[C@H]3O[C@H]3O[C@@H]4CN(C(=O)OCc5ccccc5)C(c5ccccc5)O[C@H]4[C@H](O)[C@H]3NC(=O)OCc3ccccc3)O[C@@H]2CO[Si](c2ccccc2)(c2ccccc2)C(C)(C)C)O1)C(=O)OCc1ccccc1. The number of aliphatic hydroxyl groups excluding tert-OH is 2. The first-order chi connectivity index (χ1) is 69.4. The molecular weight excluding hydrogens is 1860 g/mol. The van der Waals surface area contributed by atoms with Gasteiger partial charge in [-0.15, -0.1) is 0 Å². The number of benzene rings is 11. The van der Waals surface area contributed by atoms with Gasteiger partial charge in [-0.25, -0.2) is 28.8 Å². The van der Waals surface area contributed by atoms with E-state index in [1.807, 2.05) is 232 Å². The highest BCUT2D eigenvalue weighted by molar-refractivity contribution is 6.99. The molecule has 0 spiro atoms. The van der Waals surface area contributed by atoms with Gasteiger partial charge in [-0.3, -0.25) is 9.80 Å². The van der Waals surface area contributed by atoms with Crippen molar-refractivity contribution in [3.05, 3.63) is 373 Å². The molecule has 2 unspecified atom stereocenters. The van der Waals surface area contributed by atoms with E-state index in [9.17, 15) is 29.4 Å². The first-order valence-electron chi connectivity index (χ1n) is 48.4. The highest BCUT2D eigenvalue weighted by Crippen LogP contribution is 2.51. The van der Waals surface area contributed by atoms with Gasteiger partial charge in [0.05, 0.1) is 50.1 Å². The Kier molecular flexibility index (Phi) is 33.1. The van der Waals surface area contributed by atoms with Crippen molar-refractivity contribution in [2.24, 2.45) is 5.92 Å². The van der Waals surface area contributed by atoms with Gasteiger partial charge >= 0.3 is 36.6 Å². The van der Waals surface area contributed by atoms with Crippen molar-refractivity contribution in [1.29, 1.82) is 0 Å². The van der Waals surface area contributed by atoms with Crippen molar-refractivity contribution in [2.45, 2.75) is 214 Å². The minimum Gasteiger partial charge on any atom is -0.445 e. The molecule has 6 fully saturated rings. The van der Waals surface area contributed by atoms with Crippen LogP contribution in [0.3, 0.4) is 0 Å². The summed E-state index contributed by atoms with van der Waals surface area (Å²) in [6, 6.07) is 96.1. The van der Waals surface area contributed by atoms with Gasteiger partial charge in [0, 0.05) is 30.6 Å². The molecule has 30 nitrogen and oxygen atoms in total. The molecule has 32 heteroatoms. The topological polar surface area (TPSA) is 356 Å². The zero-order chi connectivity index (χ0) is 99.6. The third kappa shape index (κ3) is 23.9. The number of fused-ring (bicyclic) bond motifs is 2. The number of nitrogens with zero attached hydrogens (tertiary/aromatic N) is 2. The second-order valence-electron chi connectivity index (χ2n) is 38.4. The second-order valence-corrected chi connectivity index (χ2v) is 46.6. The van der Waals surface area contributed by atoms with E-state index >= 15 is 14.4 Å². The maximum absolute atomic E-state index is 15.3. The quantitative estimate of drug-likeness (QED) is 0.0110. The Morgan fingerprint density at radius 1 is 0.476 bits per heavy atom. The summed E-state index contributed by atoms with van der Waals surface area (Å²) >= 11 is 0. The van der Waals surface area contributed by atoms with E-state index in [0.717, 1.165) is 10.4 Å². The van der Waals surface area contributed by atoms with Gasteiger partial charge < -0.3 is 107 Å². The number of methoxy groups -OCH3 is 1. The summed E-state index contributed by atoms with van der Waals surface area (Å²) in [5.41, 5.74) is 4.36. The summed E-state index contributed by atoms with van der Waals surface area (Å²) in [5, 5.41) is 39.8. The van der Waals surface area contributed by atoms with E-state index < -0.39 is 186 Å². The number of amides is 6. The molecule has 143 heavy (non-hydrogen) atoms. The minimum absolute atomic E-state index is 0.127. The number of ether oxygens (including phenoxy) is 14. The van der Waals surface area contributed by atoms with E-state index in [1.54, 1.807) is 115 Å². The lowest BCUT2D eigenvalue weighted by atomic mass is 9.83. The van der Waals surface area contributed by atoms with Gasteiger partial charge in [-0.05, 0) is 71.5 Å². The molecule has 17 rings (SSSR count). The molecule has 0 aromatic heterocycles. The molecule has 5 saturated heterocycles. The Morgan fingerprint density at radius 3 is 1.39 bits per heavy atom. The molecule has 5 heterocycles. The number of nitrogens with one attached hydrogen (secondary N) is 4. The largest absolute Gasteiger partial charge is 0.445 e. The summed E-state index contributed by atoms with van der Waals surface area (Å²) < 4.78 is 104. The summed E-state index contributed by atoms with van der Waals surface area (Å²) in [4.78, 5) is 108. The smallest absolute Gasteiger partial charge is 0.412 e. The predicted octanol–water partition coefficient (Wildman–Crippen LogP) is 14.0. The Morgan fingerprint density at radius 2 is 0.902 bits per heavy atom. The molecule has 6 amide bonds. The Bertz CT molecular complexity index is 5860. The third-order valence-corrected chi connectivity index (χ3v) is 36.9. The Labute approximate surface area is 833 Å². The Balaban J connectivity index is 0.829. The van der Waals surface area contributed by atoms with Gasteiger partial charge in [0.15, 0.2) is 37.4 Å². The lowest BCUT2D eigenvalue weighted by Gasteiger charge is -2.52. The fourth-order valence-electron chi connectivity index (χ4n) is 20.4. The van der Waals surface area contributed by atoms with Crippen LogP contribution < -0.4 is 42.0 Å². The van der Waals surface area contributed by atoms with Gasteiger partial charge in [0.1, 0.15) is 81.7 Å². The number of hydrogen-bond donors (Lipinski definition) is 7. The number of carbonyl (C=O) groups excluding carboxylic acids is 6. The summed E-state index contributed by atoms with van der Waals surface area (Å²) in [7, 11) is -6.56. The minimum atomic E-state index is -4.29. The molecule has 11 aromatic rings. The monoisotopic (exact) mass is 1980 g/mol. The van der Waals surface area contributed by atoms with E-state index in [4.69, 9.17) is 70.7 Å². The molecule has 5 aliphatic heterocycles. The lowest BCUT2D eigenvalue weighted by molar-refractivity contribution is -0.333. The van der Waals surface area contributed by atoms with Gasteiger partial charge in [-0.1, -0.05) is 368 Å². The van der Waals surface area contributed by atoms with Crippen molar-refractivity contribution >= 4 is 73.9 Å². The van der Waals surface area contributed by atoms with Crippen LogP contribution in [-0.4, -0.2) is 209 Å². The highest BCUT2D eigenvalue weighted by Gasteiger charge is 2.63. The summed E-state index contributed by atoms with van der Waals surface area (Å²) in [6.07, 6.45) is -28.7. The normalized spacial score (nSPS) is 25.0. The average molecular weight is 1980 g/mol. The maximum Gasteiger partial charge on any atom is 0.412 e. The molecule has 0 bridgehead atoms. The zero-order valence-corrected chi connectivity index (χ0v) is 82.4. The van der Waals surface area contributed by atoms with Gasteiger partial charge in [-0.2, -0.15) is 0 Å².